The van der Waals surface area contributed by atoms with Gasteiger partial charge in [-0.05, 0) is 52.4 Å². The van der Waals surface area contributed by atoms with Crippen molar-refractivity contribution >= 4 is 52.3 Å². The van der Waals surface area contributed by atoms with Crippen molar-refractivity contribution < 1.29 is 129 Å². The van der Waals surface area contributed by atoms with E-state index in [0.29, 0.717) is 0 Å². The van der Waals surface area contributed by atoms with Crippen molar-refractivity contribution in [1.82, 2.24) is 0 Å². The van der Waals surface area contributed by atoms with Gasteiger partial charge in [0.25, 0.3) is 0 Å². The SMILES string of the molecule is C[Si](C)O[Si](C)(C)O[Si](C)(C)[O-].C[Si](C)O[Si](C)(C)O[Si](C)(C)[O-].[K+].[K+]. The second kappa shape index (κ2) is 16.0. The standard InChI is InChI=1S/2C6H18O3Si3.2K/c2*1-10(2)8-12(5,6)9-11(3,4)7;;/h2*1-6H3;;/q2*-1;2*+1. The predicted octanol–water partition coefficient (Wildman–Crippen LogP) is -3.92. The maximum Gasteiger partial charge on any atom is 1.00 e. The van der Waals surface area contributed by atoms with E-state index in [9.17, 15) is 9.59 Å². The van der Waals surface area contributed by atoms with Gasteiger partial charge in [-0.1, -0.05) is 26.2 Å². The quantitative estimate of drug-likeness (QED) is 0.303. The molecule has 0 aliphatic carbocycles. The molecule has 6 nitrogen and oxygen atoms in total. The topological polar surface area (TPSA) is 83.0 Å². The molecule has 0 aliphatic rings. The van der Waals surface area contributed by atoms with E-state index in [1.165, 1.54) is 0 Å². The Bertz CT molecular complexity index is 327. The van der Waals surface area contributed by atoms with E-state index in [1.807, 2.05) is 26.2 Å². The number of hydrogen-bond donors (Lipinski definition) is 0. The molecular formula is C12H36K2O6Si6. The Morgan fingerprint density at radius 3 is 0.846 bits per heavy atom. The van der Waals surface area contributed by atoms with Crippen molar-refractivity contribution in [2.45, 2.75) is 78.6 Å². The van der Waals surface area contributed by atoms with Crippen LogP contribution in [-0.2, 0) is 16.5 Å². The van der Waals surface area contributed by atoms with Crippen LogP contribution in [0.3, 0.4) is 0 Å². The molecule has 0 saturated carbocycles. The molecule has 0 aromatic heterocycles. The molecule has 0 aliphatic heterocycles. The van der Waals surface area contributed by atoms with Crippen LogP contribution in [0, 0.1) is 0 Å². The van der Waals surface area contributed by atoms with Gasteiger partial charge >= 0.3 is 120 Å². The number of rotatable bonds is 8. The van der Waals surface area contributed by atoms with Gasteiger partial charge in [-0.2, -0.15) is 0 Å². The first-order valence-corrected chi connectivity index (χ1v) is 24.1. The molecule has 26 heavy (non-hydrogen) atoms. The third-order valence-corrected chi connectivity index (χ3v) is 16.9. The van der Waals surface area contributed by atoms with Crippen molar-refractivity contribution in [2.75, 3.05) is 0 Å². The van der Waals surface area contributed by atoms with Crippen LogP contribution in [-0.4, -0.2) is 52.3 Å². The van der Waals surface area contributed by atoms with E-state index in [2.05, 4.69) is 26.2 Å². The van der Waals surface area contributed by atoms with E-state index in [4.69, 9.17) is 16.5 Å². The molecule has 0 unspecified atom stereocenters. The summed E-state index contributed by atoms with van der Waals surface area (Å²) in [6, 6.07) is 0. The fourth-order valence-corrected chi connectivity index (χ4v) is 20.6. The van der Waals surface area contributed by atoms with Crippen LogP contribution in [0.4, 0.5) is 0 Å². The van der Waals surface area contributed by atoms with Gasteiger partial charge in [-0.25, -0.2) is 0 Å². The summed E-state index contributed by atoms with van der Waals surface area (Å²) in [6.07, 6.45) is 0. The van der Waals surface area contributed by atoms with Gasteiger partial charge in [0.2, 0.25) is 0 Å². The summed E-state index contributed by atoms with van der Waals surface area (Å²) in [6.45, 7) is 22.6. The molecule has 0 amide bonds. The zero-order valence-corrected chi connectivity index (χ0v) is 31.7. The van der Waals surface area contributed by atoms with Gasteiger partial charge in [0.15, 0.2) is 18.1 Å². The summed E-state index contributed by atoms with van der Waals surface area (Å²) in [5, 5.41) is 0. The van der Waals surface area contributed by atoms with Gasteiger partial charge in [-0.3, -0.25) is 0 Å². The first-order chi connectivity index (χ1) is 10.2. The zero-order valence-electron chi connectivity index (χ0n) is 19.4. The molecule has 0 bridgehead atoms. The number of hydrogen-bond acceptors (Lipinski definition) is 6. The van der Waals surface area contributed by atoms with Crippen molar-refractivity contribution in [3.8, 4) is 0 Å². The van der Waals surface area contributed by atoms with Crippen LogP contribution >= 0.6 is 0 Å². The predicted molar refractivity (Wildman–Crippen MR) is 109 cm³/mol. The molecule has 0 spiro atoms. The molecule has 0 heterocycles. The normalized spacial score (nSPS) is 12.9. The van der Waals surface area contributed by atoms with E-state index < -0.39 is 52.3 Å². The molecule has 0 atom stereocenters. The van der Waals surface area contributed by atoms with Gasteiger partial charge in [-0.15, -0.1) is 0 Å². The summed E-state index contributed by atoms with van der Waals surface area (Å²) in [7, 11) is -11.0. The fourth-order valence-electron chi connectivity index (χ4n) is 2.21. The van der Waals surface area contributed by atoms with Crippen LogP contribution in [0.2, 0.25) is 78.6 Å². The molecule has 0 N–H and O–H groups in total. The van der Waals surface area contributed by atoms with E-state index >= 15 is 0 Å². The molecule has 14 heteroatoms. The van der Waals surface area contributed by atoms with Crippen LogP contribution < -0.4 is 112 Å². The molecule has 0 fully saturated rings. The summed E-state index contributed by atoms with van der Waals surface area (Å²) in [4.78, 5) is 22.8. The van der Waals surface area contributed by atoms with Gasteiger partial charge in [0, 0.05) is 0 Å². The molecule has 0 rings (SSSR count). The second-order valence-electron chi connectivity index (χ2n) is 7.82. The van der Waals surface area contributed by atoms with Crippen LogP contribution in [0.5, 0.6) is 0 Å². The average Bonchev–Trinajstić information content (AvgIpc) is 2.02. The smallest absolute Gasteiger partial charge is 0.839 e. The Morgan fingerprint density at radius 1 is 0.538 bits per heavy atom. The summed E-state index contributed by atoms with van der Waals surface area (Å²) >= 11 is 0. The van der Waals surface area contributed by atoms with Crippen molar-refractivity contribution in [2.24, 2.45) is 0 Å². The van der Waals surface area contributed by atoms with Gasteiger partial charge < -0.3 is 26.1 Å². The fraction of sp³-hybridized carbons (Fsp3) is 1.00. The van der Waals surface area contributed by atoms with Crippen molar-refractivity contribution in [3.05, 3.63) is 0 Å². The molecule has 0 aromatic carbocycles. The van der Waals surface area contributed by atoms with Gasteiger partial charge in [0.05, 0.1) is 17.1 Å². The minimum atomic E-state index is -2.66. The Kier molecular flexibility index (Phi) is 23.2. The zero-order chi connectivity index (χ0) is 20.0. The largest absolute Gasteiger partial charge is 1.00 e. The minimum absolute atomic E-state index is 0. The second-order valence-corrected chi connectivity index (χ2v) is 25.9. The summed E-state index contributed by atoms with van der Waals surface area (Å²) in [5.41, 5.74) is 0. The Labute approximate surface area is 254 Å². The van der Waals surface area contributed by atoms with Crippen LogP contribution in [0.1, 0.15) is 0 Å². The Hall–Kier alpha value is 4.33. The van der Waals surface area contributed by atoms with E-state index in [0.717, 1.165) is 0 Å². The average molecular weight is 523 g/mol. The molecule has 0 saturated heterocycles. The third-order valence-electron chi connectivity index (χ3n) is 1.88. The monoisotopic (exact) mass is 522 g/mol. The van der Waals surface area contributed by atoms with Crippen LogP contribution in [0.25, 0.3) is 0 Å². The first kappa shape index (κ1) is 37.6. The maximum absolute atomic E-state index is 11.4. The Morgan fingerprint density at radius 2 is 0.731 bits per heavy atom. The first-order valence-electron chi connectivity index (χ1n) is 8.04. The van der Waals surface area contributed by atoms with Crippen molar-refractivity contribution in [1.29, 1.82) is 0 Å². The summed E-state index contributed by atoms with van der Waals surface area (Å²) in [5.74, 6) is 0. The molecule has 146 valence electrons. The van der Waals surface area contributed by atoms with Crippen LogP contribution in [0.15, 0.2) is 0 Å². The van der Waals surface area contributed by atoms with E-state index in [1.54, 1.807) is 26.2 Å². The maximum atomic E-state index is 11.4. The molecule has 0 aromatic rings. The van der Waals surface area contributed by atoms with Crippen molar-refractivity contribution in [3.63, 3.8) is 0 Å². The summed E-state index contributed by atoms with van der Waals surface area (Å²) < 4.78 is 22.3. The third kappa shape index (κ3) is 30.5. The molecule has 2 radical (unpaired) electrons. The molecular weight excluding hydrogens is 487 g/mol. The van der Waals surface area contributed by atoms with Gasteiger partial charge in [0.1, 0.15) is 0 Å². The van der Waals surface area contributed by atoms with E-state index in [-0.39, 0.29) is 103 Å². The minimum Gasteiger partial charge on any atom is -0.839 e. The Balaban J connectivity index is -0.000000173.